The number of nitrogens with two attached hydrogens (primary N) is 1. The van der Waals surface area contributed by atoms with E-state index in [9.17, 15) is 0 Å². The molecule has 2 nitrogen and oxygen atoms in total. The first-order chi connectivity index (χ1) is 10.3. The number of benzene rings is 2. The molecule has 1 aromatic heterocycles. The second kappa shape index (κ2) is 6.29. The Labute approximate surface area is 129 Å². The van der Waals surface area contributed by atoms with Gasteiger partial charge in [-0.2, -0.15) is 0 Å². The number of aromatic nitrogens is 1. The van der Waals surface area contributed by atoms with E-state index in [2.05, 4.69) is 49.4 Å². The molecule has 0 aliphatic heterocycles. The Kier molecular flexibility index (Phi) is 4.23. The molecule has 0 aliphatic carbocycles. The molecule has 0 saturated carbocycles. The molecular weight excluding hydrogens is 276 g/mol. The molecule has 0 fully saturated rings. The highest BCUT2D eigenvalue weighted by atomic mass is 32.2. The lowest BCUT2D eigenvalue weighted by Crippen LogP contribution is -2.04. The van der Waals surface area contributed by atoms with Crippen LogP contribution in [0.4, 0.5) is 0 Å². The summed E-state index contributed by atoms with van der Waals surface area (Å²) in [6, 6.07) is 19.0. The van der Waals surface area contributed by atoms with E-state index in [1.807, 2.05) is 12.1 Å². The molecule has 0 atom stereocenters. The van der Waals surface area contributed by atoms with Crippen molar-refractivity contribution in [2.24, 2.45) is 5.73 Å². The zero-order valence-corrected chi connectivity index (χ0v) is 12.9. The Morgan fingerprint density at radius 2 is 1.81 bits per heavy atom. The van der Waals surface area contributed by atoms with E-state index in [1.165, 1.54) is 21.4 Å². The van der Waals surface area contributed by atoms with Crippen LogP contribution < -0.4 is 5.73 Å². The van der Waals surface area contributed by atoms with Gasteiger partial charge in [0.2, 0.25) is 0 Å². The second-order valence-electron chi connectivity index (χ2n) is 5.10. The number of nitrogens with zero attached hydrogens (tertiary/aromatic N) is 1. The normalized spacial score (nSPS) is 11.0. The summed E-state index contributed by atoms with van der Waals surface area (Å²) < 4.78 is 0. The van der Waals surface area contributed by atoms with Gasteiger partial charge in [0.05, 0.1) is 5.52 Å². The Morgan fingerprint density at radius 1 is 1.05 bits per heavy atom. The van der Waals surface area contributed by atoms with E-state index in [0.717, 1.165) is 17.0 Å². The highest BCUT2D eigenvalue weighted by Gasteiger charge is 2.08. The summed E-state index contributed by atoms with van der Waals surface area (Å²) in [5.41, 5.74) is 9.28. The summed E-state index contributed by atoms with van der Waals surface area (Å²) in [6.45, 7) is 2.74. The van der Waals surface area contributed by atoms with Crippen LogP contribution in [0, 0.1) is 6.92 Å². The summed E-state index contributed by atoms with van der Waals surface area (Å²) in [7, 11) is 0. The van der Waals surface area contributed by atoms with E-state index in [1.54, 1.807) is 11.8 Å². The maximum Gasteiger partial charge on any atom is 0.105 e. The van der Waals surface area contributed by atoms with Crippen LogP contribution in [-0.4, -0.2) is 11.5 Å². The Hall–Kier alpha value is -1.84. The minimum absolute atomic E-state index is 0.640. The van der Waals surface area contributed by atoms with Gasteiger partial charge in [0.1, 0.15) is 5.03 Å². The number of fused-ring (bicyclic) bond motifs is 1. The molecule has 0 amide bonds. The highest BCUT2D eigenvalue weighted by Crippen LogP contribution is 2.31. The topological polar surface area (TPSA) is 38.9 Å². The summed E-state index contributed by atoms with van der Waals surface area (Å²) in [5.74, 6) is 0. The molecule has 3 aromatic rings. The lowest BCUT2D eigenvalue weighted by Gasteiger charge is -2.10. The SMILES string of the molecule is Cc1ccc(Sc2nc3ccccc3cc2CCN)cc1. The smallest absolute Gasteiger partial charge is 0.105 e. The Balaban J connectivity index is 2.02. The number of rotatable bonds is 4. The van der Waals surface area contributed by atoms with E-state index >= 15 is 0 Å². The van der Waals surface area contributed by atoms with Crippen molar-refractivity contribution in [3.05, 3.63) is 65.7 Å². The van der Waals surface area contributed by atoms with Crippen molar-refractivity contribution < 1.29 is 0 Å². The maximum atomic E-state index is 5.75. The molecule has 2 N–H and O–H groups in total. The maximum absolute atomic E-state index is 5.75. The monoisotopic (exact) mass is 294 g/mol. The average Bonchev–Trinajstić information content (AvgIpc) is 2.50. The molecule has 106 valence electrons. The summed E-state index contributed by atoms with van der Waals surface area (Å²) in [5, 5.41) is 2.23. The largest absolute Gasteiger partial charge is 0.330 e. The molecule has 21 heavy (non-hydrogen) atoms. The third-order valence-electron chi connectivity index (χ3n) is 3.41. The third-order valence-corrected chi connectivity index (χ3v) is 4.47. The van der Waals surface area contributed by atoms with Gasteiger partial charge >= 0.3 is 0 Å². The molecular formula is C18H18N2S. The van der Waals surface area contributed by atoms with Gasteiger partial charge in [-0.15, -0.1) is 0 Å². The van der Waals surface area contributed by atoms with Crippen LogP contribution in [0.3, 0.4) is 0 Å². The van der Waals surface area contributed by atoms with E-state index in [-0.39, 0.29) is 0 Å². The van der Waals surface area contributed by atoms with Gasteiger partial charge in [-0.1, -0.05) is 47.7 Å². The molecule has 0 saturated heterocycles. The zero-order chi connectivity index (χ0) is 14.7. The molecule has 0 bridgehead atoms. The van der Waals surface area contributed by atoms with Crippen molar-refractivity contribution in [1.29, 1.82) is 0 Å². The van der Waals surface area contributed by atoms with E-state index in [0.29, 0.717) is 6.54 Å². The van der Waals surface area contributed by atoms with Gasteiger partial charge in [0.15, 0.2) is 0 Å². The van der Waals surface area contributed by atoms with Crippen molar-refractivity contribution in [2.45, 2.75) is 23.3 Å². The van der Waals surface area contributed by atoms with Crippen molar-refractivity contribution in [1.82, 2.24) is 4.98 Å². The van der Waals surface area contributed by atoms with E-state index < -0.39 is 0 Å². The summed E-state index contributed by atoms with van der Waals surface area (Å²) >= 11 is 1.71. The van der Waals surface area contributed by atoms with Gasteiger partial charge in [-0.25, -0.2) is 4.98 Å². The van der Waals surface area contributed by atoms with Gasteiger partial charge in [-0.05, 0) is 49.7 Å². The quantitative estimate of drug-likeness (QED) is 0.784. The fourth-order valence-electron chi connectivity index (χ4n) is 2.28. The molecule has 3 heteroatoms. The van der Waals surface area contributed by atoms with Crippen molar-refractivity contribution in [3.63, 3.8) is 0 Å². The minimum atomic E-state index is 0.640. The van der Waals surface area contributed by atoms with Gasteiger partial charge in [-0.3, -0.25) is 0 Å². The molecule has 0 unspecified atom stereocenters. The molecule has 0 radical (unpaired) electrons. The number of pyridine rings is 1. The lowest BCUT2D eigenvalue weighted by atomic mass is 10.1. The van der Waals surface area contributed by atoms with Crippen molar-refractivity contribution in [3.8, 4) is 0 Å². The van der Waals surface area contributed by atoms with Crippen LogP contribution >= 0.6 is 11.8 Å². The predicted molar refractivity (Wildman–Crippen MR) is 89.8 cm³/mol. The van der Waals surface area contributed by atoms with Gasteiger partial charge < -0.3 is 5.73 Å². The molecule has 0 aliphatic rings. The minimum Gasteiger partial charge on any atom is -0.330 e. The van der Waals surface area contributed by atoms with Crippen LogP contribution in [0.1, 0.15) is 11.1 Å². The lowest BCUT2D eigenvalue weighted by molar-refractivity contribution is 0.922. The predicted octanol–water partition coefficient (Wildman–Crippen LogP) is 4.20. The summed E-state index contributed by atoms with van der Waals surface area (Å²) in [4.78, 5) is 6.03. The van der Waals surface area contributed by atoms with Gasteiger partial charge in [0, 0.05) is 10.3 Å². The second-order valence-corrected chi connectivity index (χ2v) is 6.16. The molecule has 1 heterocycles. The van der Waals surface area contributed by atoms with Crippen LogP contribution in [-0.2, 0) is 6.42 Å². The summed E-state index contributed by atoms with van der Waals surface area (Å²) in [6.07, 6.45) is 0.853. The fraction of sp³-hybridized carbons (Fsp3) is 0.167. The van der Waals surface area contributed by atoms with Crippen molar-refractivity contribution >= 4 is 22.7 Å². The molecule has 2 aromatic carbocycles. The van der Waals surface area contributed by atoms with E-state index in [4.69, 9.17) is 10.7 Å². The standard InChI is InChI=1S/C18H18N2S/c1-13-6-8-16(9-7-13)21-18-15(10-11-19)12-14-4-2-3-5-17(14)20-18/h2-9,12H,10-11,19H2,1H3. The third kappa shape index (κ3) is 3.26. The molecule has 3 rings (SSSR count). The Morgan fingerprint density at radius 3 is 2.57 bits per heavy atom. The number of hydrogen-bond acceptors (Lipinski definition) is 3. The highest BCUT2D eigenvalue weighted by molar-refractivity contribution is 7.99. The fourth-order valence-corrected chi connectivity index (χ4v) is 3.21. The first-order valence-electron chi connectivity index (χ1n) is 7.09. The average molecular weight is 294 g/mol. The van der Waals surface area contributed by atoms with Crippen LogP contribution in [0.5, 0.6) is 0 Å². The molecule has 0 spiro atoms. The van der Waals surface area contributed by atoms with Crippen LogP contribution in [0.2, 0.25) is 0 Å². The first-order valence-corrected chi connectivity index (χ1v) is 7.91. The number of aryl methyl sites for hydroxylation is 1. The first kappa shape index (κ1) is 14.1. The Bertz CT molecular complexity index is 751. The van der Waals surface area contributed by atoms with Crippen LogP contribution in [0.25, 0.3) is 10.9 Å². The zero-order valence-electron chi connectivity index (χ0n) is 12.0. The van der Waals surface area contributed by atoms with Gasteiger partial charge in [0.25, 0.3) is 0 Å². The number of hydrogen-bond donors (Lipinski definition) is 1. The van der Waals surface area contributed by atoms with Crippen molar-refractivity contribution in [2.75, 3.05) is 6.54 Å². The number of para-hydroxylation sites is 1. The van der Waals surface area contributed by atoms with Crippen LogP contribution in [0.15, 0.2) is 64.5 Å².